The summed E-state index contributed by atoms with van der Waals surface area (Å²) in [5.41, 5.74) is 5.44. The van der Waals surface area contributed by atoms with E-state index in [1.807, 2.05) is 12.1 Å². The maximum atomic E-state index is 9.55. The second-order valence-corrected chi connectivity index (χ2v) is 4.57. The first-order chi connectivity index (χ1) is 7.74. The number of nitrogens with two attached hydrogens (primary N) is 1. The fourth-order valence-electron chi connectivity index (χ4n) is 2.34. The van der Waals surface area contributed by atoms with Gasteiger partial charge in [0.2, 0.25) is 0 Å². The number of pyridine rings is 1. The van der Waals surface area contributed by atoms with Crippen LogP contribution in [0.3, 0.4) is 0 Å². The van der Waals surface area contributed by atoms with Gasteiger partial charge >= 0.3 is 0 Å². The van der Waals surface area contributed by atoms with Crippen LogP contribution < -0.4 is 11.1 Å². The molecule has 4 N–H and O–H groups in total. The van der Waals surface area contributed by atoms with Crippen LogP contribution in [0.1, 0.15) is 32.1 Å². The third kappa shape index (κ3) is 2.44. The van der Waals surface area contributed by atoms with Gasteiger partial charge in [-0.05, 0) is 25.0 Å². The number of aliphatic hydroxyl groups excluding tert-OH is 1. The molecular weight excluding hydrogens is 202 g/mol. The van der Waals surface area contributed by atoms with E-state index in [-0.39, 0.29) is 12.1 Å². The largest absolute Gasteiger partial charge is 0.394 e. The fourth-order valence-corrected chi connectivity index (χ4v) is 2.34. The molecule has 0 bridgehead atoms. The van der Waals surface area contributed by atoms with Crippen molar-refractivity contribution in [1.29, 1.82) is 0 Å². The number of nitrogens with one attached hydrogen (secondary N) is 1. The summed E-state index contributed by atoms with van der Waals surface area (Å²) in [4.78, 5) is 4.22. The van der Waals surface area contributed by atoms with Crippen LogP contribution in [0.25, 0.3) is 0 Å². The van der Waals surface area contributed by atoms with E-state index in [9.17, 15) is 5.11 Å². The van der Waals surface area contributed by atoms with Gasteiger partial charge in [-0.2, -0.15) is 0 Å². The summed E-state index contributed by atoms with van der Waals surface area (Å²) in [7, 11) is 0. The van der Waals surface area contributed by atoms with Crippen LogP contribution in [-0.4, -0.2) is 22.2 Å². The Balaban J connectivity index is 2.11. The number of anilines is 2. The number of hydrogen-bond donors (Lipinski definition) is 3. The standard InChI is InChI=1S/C12H19N3O/c13-10-5-4-6-11(14-10)15-12(9-16)7-2-1-3-8-12/h4-6,16H,1-3,7-9H2,(H3,13,14,15). The third-order valence-electron chi connectivity index (χ3n) is 3.28. The predicted octanol–water partition coefficient (Wildman–Crippen LogP) is 1.77. The molecule has 4 heteroatoms. The van der Waals surface area contributed by atoms with Crippen molar-refractivity contribution in [2.24, 2.45) is 0 Å². The van der Waals surface area contributed by atoms with Crippen LogP contribution >= 0.6 is 0 Å². The molecule has 0 amide bonds. The summed E-state index contributed by atoms with van der Waals surface area (Å²) >= 11 is 0. The molecule has 16 heavy (non-hydrogen) atoms. The van der Waals surface area contributed by atoms with E-state index in [0.717, 1.165) is 31.5 Å². The molecule has 0 unspecified atom stereocenters. The van der Waals surface area contributed by atoms with Crippen LogP contribution in [-0.2, 0) is 0 Å². The topological polar surface area (TPSA) is 71.2 Å². The van der Waals surface area contributed by atoms with Gasteiger partial charge in [0.15, 0.2) is 0 Å². The van der Waals surface area contributed by atoms with E-state index in [4.69, 9.17) is 5.73 Å². The molecule has 1 saturated carbocycles. The molecule has 0 atom stereocenters. The molecule has 0 saturated heterocycles. The van der Waals surface area contributed by atoms with Crippen molar-refractivity contribution >= 4 is 11.6 Å². The highest BCUT2D eigenvalue weighted by atomic mass is 16.3. The molecule has 1 aliphatic rings. The highest BCUT2D eigenvalue weighted by Crippen LogP contribution is 2.30. The lowest BCUT2D eigenvalue weighted by molar-refractivity contribution is 0.172. The number of hydrogen-bond acceptors (Lipinski definition) is 4. The van der Waals surface area contributed by atoms with Crippen molar-refractivity contribution in [3.8, 4) is 0 Å². The highest BCUT2D eigenvalue weighted by Gasteiger charge is 2.31. The average molecular weight is 221 g/mol. The van der Waals surface area contributed by atoms with E-state index < -0.39 is 0 Å². The van der Waals surface area contributed by atoms with E-state index in [0.29, 0.717) is 5.82 Å². The quantitative estimate of drug-likeness (QED) is 0.727. The Morgan fingerprint density at radius 1 is 1.31 bits per heavy atom. The van der Waals surface area contributed by atoms with Crippen LogP contribution in [0.2, 0.25) is 0 Å². The Kier molecular flexibility index (Phi) is 3.29. The molecule has 1 aromatic heterocycles. The van der Waals surface area contributed by atoms with Gasteiger partial charge < -0.3 is 16.2 Å². The van der Waals surface area contributed by atoms with Gasteiger partial charge in [0.1, 0.15) is 11.6 Å². The maximum Gasteiger partial charge on any atom is 0.128 e. The molecular formula is C12H19N3O. The first kappa shape index (κ1) is 11.2. The second kappa shape index (κ2) is 4.70. The lowest BCUT2D eigenvalue weighted by atomic mass is 9.82. The lowest BCUT2D eigenvalue weighted by Crippen LogP contribution is -2.44. The molecule has 1 aromatic rings. The van der Waals surface area contributed by atoms with Gasteiger partial charge in [0, 0.05) is 0 Å². The predicted molar refractivity (Wildman–Crippen MR) is 65.2 cm³/mol. The summed E-state index contributed by atoms with van der Waals surface area (Å²) in [5, 5.41) is 12.9. The minimum Gasteiger partial charge on any atom is -0.394 e. The summed E-state index contributed by atoms with van der Waals surface area (Å²) < 4.78 is 0. The Morgan fingerprint density at radius 2 is 2.06 bits per heavy atom. The molecule has 2 rings (SSSR count). The van der Waals surface area contributed by atoms with Gasteiger partial charge in [0.05, 0.1) is 12.1 Å². The molecule has 0 aliphatic heterocycles. The summed E-state index contributed by atoms with van der Waals surface area (Å²) in [6, 6.07) is 5.53. The van der Waals surface area contributed by atoms with Crippen molar-refractivity contribution in [1.82, 2.24) is 4.98 Å². The fraction of sp³-hybridized carbons (Fsp3) is 0.583. The molecule has 0 aromatic carbocycles. The van der Waals surface area contributed by atoms with E-state index in [1.165, 1.54) is 6.42 Å². The zero-order chi connectivity index (χ0) is 11.4. The van der Waals surface area contributed by atoms with Gasteiger partial charge in [-0.25, -0.2) is 4.98 Å². The average Bonchev–Trinajstić information content (AvgIpc) is 2.30. The Morgan fingerprint density at radius 3 is 2.69 bits per heavy atom. The van der Waals surface area contributed by atoms with E-state index in [1.54, 1.807) is 6.07 Å². The van der Waals surface area contributed by atoms with Crippen molar-refractivity contribution < 1.29 is 5.11 Å². The monoisotopic (exact) mass is 221 g/mol. The van der Waals surface area contributed by atoms with Crippen LogP contribution in [0.5, 0.6) is 0 Å². The van der Waals surface area contributed by atoms with Crippen molar-refractivity contribution in [3.05, 3.63) is 18.2 Å². The van der Waals surface area contributed by atoms with Crippen LogP contribution in [0.15, 0.2) is 18.2 Å². The molecule has 1 fully saturated rings. The molecule has 1 aliphatic carbocycles. The zero-order valence-corrected chi connectivity index (χ0v) is 9.45. The van der Waals surface area contributed by atoms with Gasteiger partial charge in [-0.3, -0.25) is 0 Å². The number of nitrogens with zero attached hydrogens (tertiary/aromatic N) is 1. The molecule has 0 radical (unpaired) electrons. The smallest absolute Gasteiger partial charge is 0.128 e. The normalized spacial score (nSPS) is 19.3. The first-order valence-electron chi connectivity index (χ1n) is 5.86. The number of rotatable bonds is 3. The van der Waals surface area contributed by atoms with Gasteiger partial charge in [-0.15, -0.1) is 0 Å². The second-order valence-electron chi connectivity index (χ2n) is 4.57. The summed E-state index contributed by atoms with van der Waals surface area (Å²) in [6.07, 6.45) is 5.58. The Bertz CT molecular complexity index is 348. The van der Waals surface area contributed by atoms with Gasteiger partial charge in [-0.1, -0.05) is 25.3 Å². The molecule has 88 valence electrons. The highest BCUT2D eigenvalue weighted by molar-refractivity contribution is 5.44. The number of aliphatic hydroxyl groups is 1. The maximum absolute atomic E-state index is 9.55. The molecule has 1 heterocycles. The lowest BCUT2D eigenvalue weighted by Gasteiger charge is -2.36. The van der Waals surface area contributed by atoms with Crippen molar-refractivity contribution in [3.63, 3.8) is 0 Å². The zero-order valence-electron chi connectivity index (χ0n) is 9.45. The minimum absolute atomic E-state index is 0.156. The third-order valence-corrected chi connectivity index (χ3v) is 3.28. The van der Waals surface area contributed by atoms with Gasteiger partial charge in [0.25, 0.3) is 0 Å². The minimum atomic E-state index is -0.195. The summed E-state index contributed by atoms with van der Waals surface area (Å²) in [5.74, 6) is 1.27. The van der Waals surface area contributed by atoms with Crippen molar-refractivity contribution in [2.45, 2.75) is 37.6 Å². The van der Waals surface area contributed by atoms with Crippen molar-refractivity contribution in [2.75, 3.05) is 17.7 Å². The summed E-state index contributed by atoms with van der Waals surface area (Å²) in [6.45, 7) is 0.156. The number of aromatic nitrogens is 1. The van der Waals surface area contributed by atoms with Crippen LogP contribution in [0.4, 0.5) is 11.6 Å². The Labute approximate surface area is 95.9 Å². The molecule has 4 nitrogen and oxygen atoms in total. The van der Waals surface area contributed by atoms with Crippen LogP contribution in [0, 0.1) is 0 Å². The number of nitrogen functional groups attached to an aromatic ring is 1. The first-order valence-corrected chi connectivity index (χ1v) is 5.86. The SMILES string of the molecule is Nc1cccc(NC2(CO)CCCCC2)n1. The van der Waals surface area contributed by atoms with E-state index >= 15 is 0 Å². The molecule has 0 spiro atoms. The van der Waals surface area contributed by atoms with E-state index in [2.05, 4.69) is 10.3 Å². The Hall–Kier alpha value is -1.29.